The van der Waals surface area contributed by atoms with Gasteiger partial charge in [0.05, 0.1) is 31.9 Å². The highest BCUT2D eigenvalue weighted by Gasteiger charge is 2.30. The van der Waals surface area contributed by atoms with Crippen LogP contribution in [-0.2, 0) is 0 Å². The molecule has 3 aromatic rings. The molecule has 1 aromatic heterocycles. The number of aromatic nitrogens is 1. The van der Waals surface area contributed by atoms with Gasteiger partial charge in [-0.1, -0.05) is 22.8 Å². The molecule has 4 rings (SSSR count). The monoisotopic (exact) mass is 559 g/mol. The summed E-state index contributed by atoms with van der Waals surface area (Å²) in [6, 6.07) is 7.43. The van der Waals surface area contributed by atoms with Crippen LogP contribution in [-0.4, -0.2) is 50.9 Å². The number of hydrogen-bond acceptors (Lipinski definition) is 7. The molecule has 0 unspecified atom stereocenters. The van der Waals surface area contributed by atoms with Gasteiger partial charge in [0, 0.05) is 18.2 Å². The molecule has 2 atom stereocenters. The second-order valence-corrected chi connectivity index (χ2v) is 9.77. The summed E-state index contributed by atoms with van der Waals surface area (Å²) in [5.41, 5.74) is 0.685. The average molecular weight is 560 g/mol. The summed E-state index contributed by atoms with van der Waals surface area (Å²) in [5.74, 6) is 0.606. The van der Waals surface area contributed by atoms with Gasteiger partial charge in [0.1, 0.15) is 22.8 Å². The molecule has 11 heteroatoms. The van der Waals surface area contributed by atoms with E-state index in [0.717, 1.165) is 25.7 Å². The molecule has 2 N–H and O–H groups in total. The standard InChI is InChI=1S/C28H31ClFN3O6/c1-15-23(25(33-39-15)24-19(29)6-5-7-20(24)30)28(35)32-18-9-8-16(12-18)10-11-31-27(34)17-13-21(36-2)26(38-4)22(14-17)37-3/h5-7,13-14,16,18H,8-12H2,1-4H3,(H,31,34)(H,32,35)/t16-,18-/m0/s1. The van der Waals surface area contributed by atoms with Gasteiger partial charge in [-0.25, -0.2) is 4.39 Å². The second kappa shape index (κ2) is 12.4. The molecule has 0 saturated heterocycles. The minimum absolute atomic E-state index is 0.0355. The Morgan fingerprint density at radius 1 is 1.10 bits per heavy atom. The fourth-order valence-electron chi connectivity index (χ4n) is 4.96. The number of ether oxygens (including phenoxy) is 3. The van der Waals surface area contributed by atoms with Crippen LogP contribution in [0.1, 0.15) is 52.2 Å². The Labute approximate surface area is 230 Å². The summed E-state index contributed by atoms with van der Waals surface area (Å²) in [7, 11) is 4.49. The Kier molecular flexibility index (Phi) is 8.96. The van der Waals surface area contributed by atoms with E-state index in [1.54, 1.807) is 19.1 Å². The number of hydrogen-bond donors (Lipinski definition) is 2. The number of benzene rings is 2. The molecular formula is C28H31ClFN3O6. The summed E-state index contributed by atoms with van der Waals surface area (Å²) >= 11 is 6.19. The Morgan fingerprint density at radius 2 is 1.82 bits per heavy atom. The smallest absolute Gasteiger partial charge is 0.257 e. The lowest BCUT2D eigenvalue weighted by atomic mass is 10.0. The van der Waals surface area contributed by atoms with E-state index in [0.29, 0.717) is 35.3 Å². The number of halogens is 2. The molecule has 2 amide bonds. The van der Waals surface area contributed by atoms with Crippen LogP contribution < -0.4 is 24.8 Å². The van der Waals surface area contributed by atoms with Crippen LogP contribution in [0.5, 0.6) is 17.2 Å². The molecule has 1 aliphatic rings. The first kappa shape index (κ1) is 28.2. The third kappa shape index (κ3) is 6.11. The molecule has 2 aromatic carbocycles. The third-order valence-corrected chi connectivity index (χ3v) is 7.25. The van der Waals surface area contributed by atoms with E-state index in [1.807, 2.05) is 0 Å². The Hall–Kier alpha value is -3.79. The van der Waals surface area contributed by atoms with Crippen molar-refractivity contribution < 1.29 is 32.7 Å². The lowest BCUT2D eigenvalue weighted by Gasteiger charge is -2.15. The van der Waals surface area contributed by atoms with Crippen LogP contribution in [0.15, 0.2) is 34.9 Å². The predicted molar refractivity (Wildman–Crippen MR) is 143 cm³/mol. The van der Waals surface area contributed by atoms with Gasteiger partial charge in [-0.2, -0.15) is 0 Å². The quantitative estimate of drug-likeness (QED) is 0.352. The van der Waals surface area contributed by atoms with Crippen molar-refractivity contribution in [1.82, 2.24) is 15.8 Å². The van der Waals surface area contributed by atoms with E-state index in [2.05, 4.69) is 15.8 Å². The molecule has 208 valence electrons. The number of nitrogens with one attached hydrogen (secondary N) is 2. The topological polar surface area (TPSA) is 112 Å². The fraction of sp³-hybridized carbons (Fsp3) is 0.393. The summed E-state index contributed by atoms with van der Waals surface area (Å²) in [4.78, 5) is 25.9. The zero-order valence-electron chi connectivity index (χ0n) is 22.2. The van der Waals surface area contributed by atoms with E-state index >= 15 is 0 Å². The lowest BCUT2D eigenvalue weighted by Crippen LogP contribution is -2.33. The van der Waals surface area contributed by atoms with Crippen LogP contribution in [0.4, 0.5) is 4.39 Å². The second-order valence-electron chi connectivity index (χ2n) is 9.37. The zero-order chi connectivity index (χ0) is 28.1. The van der Waals surface area contributed by atoms with E-state index in [9.17, 15) is 14.0 Å². The lowest BCUT2D eigenvalue weighted by molar-refractivity contribution is 0.0934. The molecule has 1 fully saturated rings. The highest BCUT2D eigenvalue weighted by atomic mass is 35.5. The van der Waals surface area contributed by atoms with Gasteiger partial charge in [-0.3, -0.25) is 9.59 Å². The summed E-state index contributed by atoms with van der Waals surface area (Å²) in [5, 5.41) is 10.0. The molecule has 1 heterocycles. The maximum atomic E-state index is 14.5. The van der Waals surface area contributed by atoms with Crippen molar-refractivity contribution in [3.63, 3.8) is 0 Å². The molecule has 39 heavy (non-hydrogen) atoms. The van der Waals surface area contributed by atoms with Gasteiger partial charge in [0.25, 0.3) is 11.8 Å². The summed E-state index contributed by atoms with van der Waals surface area (Å²) in [6.07, 6.45) is 3.20. The Bertz CT molecular complexity index is 1320. The van der Waals surface area contributed by atoms with E-state index in [4.69, 9.17) is 30.3 Å². The first-order valence-electron chi connectivity index (χ1n) is 12.6. The minimum atomic E-state index is -0.584. The fourth-order valence-corrected chi connectivity index (χ4v) is 5.22. The number of carbonyl (C=O) groups is 2. The highest BCUT2D eigenvalue weighted by Crippen LogP contribution is 2.38. The number of methoxy groups -OCH3 is 3. The molecule has 1 saturated carbocycles. The molecule has 9 nitrogen and oxygen atoms in total. The number of rotatable bonds is 10. The summed E-state index contributed by atoms with van der Waals surface area (Å²) < 4.78 is 35.7. The van der Waals surface area contributed by atoms with Crippen LogP contribution in [0, 0.1) is 18.7 Å². The van der Waals surface area contributed by atoms with Gasteiger partial charge in [-0.15, -0.1) is 0 Å². The average Bonchev–Trinajstić information content (AvgIpc) is 3.53. The van der Waals surface area contributed by atoms with Gasteiger partial charge < -0.3 is 29.4 Å². The van der Waals surface area contributed by atoms with Crippen molar-refractivity contribution >= 4 is 23.4 Å². The van der Waals surface area contributed by atoms with E-state index in [1.165, 1.54) is 39.5 Å². The molecule has 1 aliphatic carbocycles. The SMILES string of the molecule is COc1cc(C(=O)NCC[C@@H]2CC[C@H](NC(=O)c3c(-c4c(F)cccc4Cl)noc3C)C2)cc(OC)c1OC. The van der Waals surface area contributed by atoms with Crippen LogP contribution in [0.2, 0.25) is 5.02 Å². The molecule has 0 radical (unpaired) electrons. The minimum Gasteiger partial charge on any atom is -0.493 e. The number of aryl methyl sites for hydroxylation is 1. The van der Waals surface area contributed by atoms with Crippen molar-refractivity contribution in [2.24, 2.45) is 5.92 Å². The maximum Gasteiger partial charge on any atom is 0.257 e. The first-order chi connectivity index (χ1) is 18.8. The Balaban J connectivity index is 1.33. The van der Waals surface area contributed by atoms with Gasteiger partial charge in [-0.05, 0) is 62.8 Å². The highest BCUT2D eigenvalue weighted by molar-refractivity contribution is 6.33. The van der Waals surface area contributed by atoms with Crippen molar-refractivity contribution in [3.8, 4) is 28.5 Å². The number of amides is 2. The molecule has 0 spiro atoms. The van der Waals surface area contributed by atoms with Crippen molar-refractivity contribution in [1.29, 1.82) is 0 Å². The third-order valence-electron chi connectivity index (χ3n) is 6.93. The van der Waals surface area contributed by atoms with Gasteiger partial charge >= 0.3 is 0 Å². The van der Waals surface area contributed by atoms with Gasteiger partial charge in [0.2, 0.25) is 5.75 Å². The van der Waals surface area contributed by atoms with E-state index in [-0.39, 0.29) is 45.5 Å². The van der Waals surface area contributed by atoms with Crippen LogP contribution in [0.25, 0.3) is 11.3 Å². The Morgan fingerprint density at radius 3 is 2.46 bits per heavy atom. The van der Waals surface area contributed by atoms with Crippen LogP contribution in [0.3, 0.4) is 0 Å². The number of nitrogens with zero attached hydrogens (tertiary/aromatic N) is 1. The van der Waals surface area contributed by atoms with Crippen molar-refractivity contribution in [2.75, 3.05) is 27.9 Å². The zero-order valence-corrected chi connectivity index (χ0v) is 23.0. The normalized spacial score (nSPS) is 16.6. The van der Waals surface area contributed by atoms with Crippen molar-refractivity contribution in [2.45, 2.75) is 38.6 Å². The molecule has 0 aliphatic heterocycles. The summed E-state index contributed by atoms with van der Waals surface area (Å²) in [6.45, 7) is 2.08. The van der Waals surface area contributed by atoms with E-state index < -0.39 is 5.82 Å². The predicted octanol–water partition coefficient (Wildman–Crippen LogP) is 5.19. The maximum absolute atomic E-state index is 14.5. The molecular weight excluding hydrogens is 529 g/mol. The number of carbonyl (C=O) groups excluding carboxylic acids is 2. The first-order valence-corrected chi connectivity index (χ1v) is 12.9. The van der Waals surface area contributed by atoms with Crippen LogP contribution >= 0.6 is 11.6 Å². The largest absolute Gasteiger partial charge is 0.493 e. The van der Waals surface area contributed by atoms with Crippen molar-refractivity contribution in [3.05, 3.63) is 58.1 Å². The van der Waals surface area contributed by atoms with Gasteiger partial charge in [0.15, 0.2) is 11.5 Å². The molecule has 0 bridgehead atoms.